The first kappa shape index (κ1) is 22.5. The number of aryl methyl sites for hydroxylation is 2. The number of aromatic nitrogens is 4. The van der Waals surface area contributed by atoms with Crippen LogP contribution >= 0.6 is 0 Å². The maximum Gasteiger partial charge on any atom is 0.261 e. The minimum absolute atomic E-state index is 0.200. The van der Waals surface area contributed by atoms with Gasteiger partial charge in [0.1, 0.15) is 23.7 Å². The molecule has 2 aromatic heterocycles. The van der Waals surface area contributed by atoms with Crippen molar-refractivity contribution in [3.63, 3.8) is 0 Å². The molecule has 5 aromatic rings. The van der Waals surface area contributed by atoms with E-state index < -0.39 is 10.0 Å². The van der Waals surface area contributed by atoms with Gasteiger partial charge in [0.15, 0.2) is 0 Å². The van der Waals surface area contributed by atoms with Crippen molar-refractivity contribution in [2.75, 3.05) is 4.72 Å². The van der Waals surface area contributed by atoms with Crippen molar-refractivity contribution in [1.29, 1.82) is 0 Å². The van der Waals surface area contributed by atoms with Gasteiger partial charge >= 0.3 is 0 Å². The number of benzene rings is 3. The van der Waals surface area contributed by atoms with Crippen molar-refractivity contribution in [2.45, 2.75) is 25.7 Å². The highest BCUT2D eigenvalue weighted by Gasteiger charge is 2.15. The molecule has 0 saturated heterocycles. The predicted molar refractivity (Wildman–Crippen MR) is 135 cm³/mol. The molecule has 8 nitrogen and oxygen atoms in total. The summed E-state index contributed by atoms with van der Waals surface area (Å²) in [5.74, 6) is 2.11. The van der Waals surface area contributed by atoms with E-state index in [0.29, 0.717) is 29.0 Å². The lowest BCUT2D eigenvalue weighted by molar-refractivity contribution is 0.459. The summed E-state index contributed by atoms with van der Waals surface area (Å²) in [6.07, 6.45) is 1.71. The molecule has 0 aliphatic rings. The van der Waals surface area contributed by atoms with E-state index >= 15 is 0 Å². The fraction of sp³-hybridized carbons (Fsp3) is 0.115. The summed E-state index contributed by atoms with van der Waals surface area (Å²) in [5.41, 5.74) is 2.33. The molecule has 5 rings (SSSR count). The number of rotatable bonds is 6. The zero-order chi connectivity index (χ0) is 24.6. The Labute approximate surface area is 203 Å². The number of fused-ring (bicyclic) bond motifs is 1. The molecule has 176 valence electrons. The number of nitrogens with one attached hydrogen (secondary N) is 1. The van der Waals surface area contributed by atoms with Crippen molar-refractivity contribution in [2.24, 2.45) is 0 Å². The molecular formula is C26H23N5O3S. The maximum atomic E-state index is 12.9. The van der Waals surface area contributed by atoms with Gasteiger partial charge in [-0.3, -0.25) is 9.29 Å². The van der Waals surface area contributed by atoms with E-state index in [2.05, 4.69) is 19.7 Å². The summed E-state index contributed by atoms with van der Waals surface area (Å²) in [6.45, 7) is 5.70. The van der Waals surface area contributed by atoms with Crippen LogP contribution < -0.4 is 9.46 Å². The Hall–Kier alpha value is -4.24. The van der Waals surface area contributed by atoms with Crippen LogP contribution in [-0.2, 0) is 10.0 Å². The van der Waals surface area contributed by atoms with Crippen LogP contribution in [-0.4, -0.2) is 27.9 Å². The van der Waals surface area contributed by atoms with E-state index in [9.17, 15) is 8.42 Å². The van der Waals surface area contributed by atoms with Crippen LogP contribution in [0, 0.1) is 20.8 Å². The number of imidazole rings is 1. The number of nitrogens with zero attached hydrogens (tertiary/aromatic N) is 4. The topological polar surface area (TPSA) is 99.0 Å². The fourth-order valence-electron chi connectivity index (χ4n) is 3.69. The van der Waals surface area contributed by atoms with Crippen molar-refractivity contribution >= 4 is 26.5 Å². The van der Waals surface area contributed by atoms with Gasteiger partial charge in [0.25, 0.3) is 10.0 Å². The largest absolute Gasteiger partial charge is 0.439 e. The van der Waals surface area contributed by atoms with Crippen LogP contribution in [0.15, 0.2) is 84.0 Å². The Morgan fingerprint density at radius 1 is 0.857 bits per heavy atom. The highest BCUT2D eigenvalue weighted by Crippen LogP contribution is 2.26. The number of ether oxygens (including phenoxy) is 1. The Morgan fingerprint density at radius 2 is 1.60 bits per heavy atom. The van der Waals surface area contributed by atoms with Crippen LogP contribution in [0.25, 0.3) is 16.6 Å². The molecule has 0 saturated carbocycles. The van der Waals surface area contributed by atoms with E-state index in [0.717, 1.165) is 22.2 Å². The van der Waals surface area contributed by atoms with Crippen LogP contribution in [0.3, 0.4) is 0 Å². The lowest BCUT2D eigenvalue weighted by Crippen LogP contribution is -2.12. The minimum Gasteiger partial charge on any atom is -0.439 e. The van der Waals surface area contributed by atoms with E-state index in [1.54, 1.807) is 61.8 Å². The van der Waals surface area contributed by atoms with Gasteiger partial charge in [-0.2, -0.15) is 4.98 Å². The second-order valence-corrected chi connectivity index (χ2v) is 9.82. The summed E-state index contributed by atoms with van der Waals surface area (Å²) >= 11 is 0. The molecule has 35 heavy (non-hydrogen) atoms. The second-order valence-electron chi connectivity index (χ2n) is 8.14. The predicted octanol–water partition coefficient (Wildman–Crippen LogP) is 5.33. The van der Waals surface area contributed by atoms with E-state index in [1.807, 2.05) is 42.7 Å². The summed E-state index contributed by atoms with van der Waals surface area (Å²) < 4.78 is 36.2. The Morgan fingerprint density at radius 3 is 2.31 bits per heavy atom. The van der Waals surface area contributed by atoms with Crippen molar-refractivity contribution < 1.29 is 13.2 Å². The van der Waals surface area contributed by atoms with Crippen molar-refractivity contribution in [3.8, 4) is 17.4 Å². The quantitative estimate of drug-likeness (QED) is 0.349. The highest BCUT2D eigenvalue weighted by molar-refractivity contribution is 7.92. The van der Waals surface area contributed by atoms with Gasteiger partial charge in [0.05, 0.1) is 10.6 Å². The number of hydrogen-bond acceptors (Lipinski definition) is 6. The molecule has 2 heterocycles. The summed E-state index contributed by atoms with van der Waals surface area (Å²) in [7, 11) is -3.74. The van der Waals surface area contributed by atoms with E-state index in [-0.39, 0.29) is 4.90 Å². The second kappa shape index (κ2) is 8.84. The first-order chi connectivity index (χ1) is 16.8. The molecular weight excluding hydrogens is 462 g/mol. The van der Waals surface area contributed by atoms with Crippen LogP contribution in [0.1, 0.15) is 17.2 Å². The maximum absolute atomic E-state index is 12.9. The van der Waals surface area contributed by atoms with Crippen LogP contribution in [0.5, 0.6) is 11.6 Å². The Bertz CT molecular complexity index is 1640. The Kier molecular flexibility index (Phi) is 5.70. The molecule has 3 aromatic carbocycles. The number of hydrogen-bond donors (Lipinski definition) is 1. The standard InChI is InChI=1S/C26H23N5O3S/c1-17-18(2)31(16-27-17)25-15-26(29-19(3)28-25)34-23-11-9-22(10-12-23)30-35(32,33)24-13-8-20-6-4-5-7-21(20)14-24/h4-16,30H,1-3H3. The molecule has 0 spiro atoms. The molecule has 0 aliphatic carbocycles. The summed E-state index contributed by atoms with van der Waals surface area (Å²) in [4.78, 5) is 13.4. The van der Waals surface area contributed by atoms with Gasteiger partial charge in [-0.25, -0.2) is 18.4 Å². The molecule has 0 radical (unpaired) electrons. The number of anilines is 1. The smallest absolute Gasteiger partial charge is 0.261 e. The SMILES string of the molecule is Cc1nc(Oc2ccc(NS(=O)(=O)c3ccc4ccccc4c3)cc2)cc(-n2cnc(C)c2C)n1. The third-order valence-electron chi connectivity index (χ3n) is 5.66. The van der Waals surface area contributed by atoms with E-state index in [1.165, 1.54) is 0 Å². The lowest BCUT2D eigenvalue weighted by Gasteiger charge is -2.11. The van der Waals surface area contributed by atoms with Crippen molar-refractivity contribution in [3.05, 3.63) is 96.3 Å². The molecule has 0 atom stereocenters. The molecule has 9 heteroatoms. The van der Waals surface area contributed by atoms with Gasteiger partial charge in [-0.15, -0.1) is 0 Å². The average Bonchev–Trinajstić information content (AvgIpc) is 3.17. The third kappa shape index (κ3) is 4.71. The minimum atomic E-state index is -3.74. The monoisotopic (exact) mass is 485 g/mol. The van der Waals surface area contributed by atoms with Crippen molar-refractivity contribution in [1.82, 2.24) is 19.5 Å². The average molecular weight is 486 g/mol. The van der Waals surface area contributed by atoms with Gasteiger partial charge in [-0.1, -0.05) is 30.3 Å². The molecule has 0 unspecified atom stereocenters. The molecule has 1 N–H and O–H groups in total. The lowest BCUT2D eigenvalue weighted by atomic mass is 10.1. The molecule has 0 amide bonds. The Balaban J connectivity index is 1.34. The molecule has 0 aliphatic heterocycles. The zero-order valence-corrected chi connectivity index (χ0v) is 20.2. The molecule has 0 bridgehead atoms. The zero-order valence-electron chi connectivity index (χ0n) is 19.4. The first-order valence-electron chi connectivity index (χ1n) is 10.9. The van der Waals surface area contributed by atoms with Crippen LogP contribution in [0.2, 0.25) is 0 Å². The highest BCUT2D eigenvalue weighted by atomic mass is 32.2. The van der Waals surface area contributed by atoms with Crippen LogP contribution in [0.4, 0.5) is 5.69 Å². The molecule has 0 fully saturated rings. The first-order valence-corrected chi connectivity index (χ1v) is 12.4. The summed E-state index contributed by atoms with van der Waals surface area (Å²) in [6, 6.07) is 21.1. The van der Waals surface area contributed by atoms with E-state index in [4.69, 9.17) is 4.74 Å². The van der Waals surface area contributed by atoms with Gasteiger partial charge in [0.2, 0.25) is 5.88 Å². The van der Waals surface area contributed by atoms with Gasteiger partial charge in [0, 0.05) is 17.4 Å². The third-order valence-corrected chi connectivity index (χ3v) is 7.04. The van der Waals surface area contributed by atoms with Gasteiger partial charge < -0.3 is 4.74 Å². The van der Waals surface area contributed by atoms with Gasteiger partial charge in [-0.05, 0) is 67.9 Å². The normalized spacial score (nSPS) is 11.5. The fourth-order valence-corrected chi connectivity index (χ4v) is 4.78. The summed E-state index contributed by atoms with van der Waals surface area (Å²) in [5, 5.41) is 1.84. The number of sulfonamides is 1.